The van der Waals surface area contributed by atoms with Gasteiger partial charge in [-0.15, -0.1) is 0 Å². The summed E-state index contributed by atoms with van der Waals surface area (Å²) in [4.78, 5) is 8.78. The minimum Gasteiger partial charge on any atom is -0.477 e. The maximum Gasteiger partial charge on any atom is 0.221 e. The molecule has 0 radical (unpaired) electrons. The molecule has 2 rings (SSSR count). The second-order valence-corrected chi connectivity index (χ2v) is 4.73. The Bertz CT molecular complexity index is 388. The molecule has 1 N–H and O–H groups in total. The molecule has 0 saturated heterocycles. The van der Waals surface area contributed by atoms with Crippen LogP contribution in [-0.2, 0) is 0 Å². The van der Waals surface area contributed by atoms with Crippen molar-refractivity contribution in [3.8, 4) is 5.88 Å². The van der Waals surface area contributed by atoms with E-state index in [-0.39, 0.29) is 0 Å². The molecule has 0 spiro atoms. The average molecular weight is 235 g/mol. The third-order valence-corrected chi connectivity index (χ3v) is 2.91. The number of nitrogens with zero attached hydrogens (tertiary/aromatic N) is 2. The summed E-state index contributed by atoms with van der Waals surface area (Å²) in [6.07, 6.45) is 3.68. The van der Waals surface area contributed by atoms with Gasteiger partial charge in [-0.2, -0.15) is 4.98 Å². The van der Waals surface area contributed by atoms with Crippen molar-refractivity contribution in [2.75, 3.05) is 18.5 Å². The molecule has 0 aliphatic heterocycles. The van der Waals surface area contributed by atoms with Gasteiger partial charge in [0.1, 0.15) is 11.6 Å². The summed E-state index contributed by atoms with van der Waals surface area (Å²) in [5.41, 5.74) is 1.02. The average Bonchev–Trinajstić information content (AvgIpc) is 3.12. The normalized spacial score (nSPS) is 14.8. The maximum atomic E-state index is 5.77. The van der Waals surface area contributed by atoms with Crippen molar-refractivity contribution < 1.29 is 4.74 Å². The fourth-order valence-corrected chi connectivity index (χ4v) is 1.64. The highest BCUT2D eigenvalue weighted by Gasteiger charge is 2.23. The molecule has 0 amide bonds. The van der Waals surface area contributed by atoms with Crippen LogP contribution in [0.15, 0.2) is 0 Å². The number of rotatable bonds is 6. The minimum absolute atomic E-state index is 0.739. The van der Waals surface area contributed by atoms with Gasteiger partial charge < -0.3 is 10.1 Å². The standard InChI is InChI=1S/C13H21N3O/c1-4-7-14-12-9(2)13(16-10(3)15-12)17-8-11-5-6-11/h11H,4-8H2,1-3H3,(H,14,15,16). The van der Waals surface area contributed by atoms with E-state index in [1.165, 1.54) is 12.8 Å². The second kappa shape index (κ2) is 5.34. The molecule has 1 fully saturated rings. The number of aryl methyl sites for hydroxylation is 1. The van der Waals surface area contributed by atoms with E-state index < -0.39 is 0 Å². The highest BCUT2D eigenvalue weighted by atomic mass is 16.5. The SMILES string of the molecule is CCCNc1nc(C)nc(OCC2CC2)c1C. The van der Waals surface area contributed by atoms with Crippen LogP contribution in [0.1, 0.15) is 37.6 Å². The lowest BCUT2D eigenvalue weighted by molar-refractivity contribution is 0.285. The summed E-state index contributed by atoms with van der Waals surface area (Å²) in [6, 6.07) is 0. The van der Waals surface area contributed by atoms with Crippen LogP contribution in [0, 0.1) is 19.8 Å². The number of anilines is 1. The van der Waals surface area contributed by atoms with Crippen LogP contribution in [0.3, 0.4) is 0 Å². The number of aromatic nitrogens is 2. The van der Waals surface area contributed by atoms with Crippen LogP contribution in [0.2, 0.25) is 0 Å². The van der Waals surface area contributed by atoms with Crippen molar-refractivity contribution in [1.29, 1.82) is 0 Å². The zero-order chi connectivity index (χ0) is 12.3. The van der Waals surface area contributed by atoms with E-state index in [0.717, 1.165) is 48.6 Å². The lowest BCUT2D eigenvalue weighted by Gasteiger charge is -2.13. The van der Waals surface area contributed by atoms with Crippen molar-refractivity contribution >= 4 is 5.82 Å². The Labute approximate surface area is 103 Å². The predicted octanol–water partition coefficient (Wildman–Crippen LogP) is 2.70. The Balaban J connectivity index is 2.09. The van der Waals surface area contributed by atoms with E-state index in [1.807, 2.05) is 13.8 Å². The van der Waals surface area contributed by atoms with Gasteiger partial charge in [0, 0.05) is 6.54 Å². The Kier molecular flexibility index (Phi) is 3.82. The first kappa shape index (κ1) is 12.1. The predicted molar refractivity (Wildman–Crippen MR) is 68.5 cm³/mol. The molecule has 1 heterocycles. The smallest absolute Gasteiger partial charge is 0.221 e. The largest absolute Gasteiger partial charge is 0.477 e. The number of nitrogens with one attached hydrogen (secondary N) is 1. The van der Waals surface area contributed by atoms with Crippen LogP contribution < -0.4 is 10.1 Å². The number of ether oxygens (including phenoxy) is 1. The van der Waals surface area contributed by atoms with Gasteiger partial charge in [-0.1, -0.05) is 6.92 Å². The van der Waals surface area contributed by atoms with E-state index in [9.17, 15) is 0 Å². The molecule has 94 valence electrons. The minimum atomic E-state index is 0.739. The lowest BCUT2D eigenvalue weighted by atomic mass is 10.3. The monoisotopic (exact) mass is 235 g/mol. The van der Waals surface area contributed by atoms with E-state index in [1.54, 1.807) is 0 Å². The van der Waals surface area contributed by atoms with Crippen molar-refractivity contribution in [2.45, 2.75) is 40.0 Å². The summed E-state index contributed by atoms with van der Waals surface area (Å²) in [5, 5.41) is 3.32. The topological polar surface area (TPSA) is 47.0 Å². The van der Waals surface area contributed by atoms with E-state index in [2.05, 4.69) is 22.2 Å². The summed E-state index contributed by atoms with van der Waals surface area (Å²) in [5.74, 6) is 3.16. The highest BCUT2D eigenvalue weighted by molar-refractivity contribution is 5.48. The van der Waals surface area contributed by atoms with Gasteiger partial charge in [0.15, 0.2) is 0 Å². The zero-order valence-corrected chi connectivity index (χ0v) is 10.9. The Morgan fingerprint density at radius 3 is 2.71 bits per heavy atom. The second-order valence-electron chi connectivity index (χ2n) is 4.73. The number of hydrogen-bond donors (Lipinski definition) is 1. The molecule has 1 saturated carbocycles. The molecule has 0 aromatic carbocycles. The van der Waals surface area contributed by atoms with Gasteiger partial charge in [0.2, 0.25) is 5.88 Å². The van der Waals surface area contributed by atoms with Crippen LogP contribution in [0.4, 0.5) is 5.82 Å². The van der Waals surface area contributed by atoms with Crippen LogP contribution in [0.25, 0.3) is 0 Å². The van der Waals surface area contributed by atoms with Gasteiger partial charge in [0.25, 0.3) is 0 Å². The molecule has 0 bridgehead atoms. The Morgan fingerprint density at radius 1 is 1.29 bits per heavy atom. The molecule has 0 unspecified atom stereocenters. The third-order valence-electron chi connectivity index (χ3n) is 2.91. The molecule has 1 aliphatic carbocycles. The van der Waals surface area contributed by atoms with Gasteiger partial charge in [-0.05, 0) is 39.0 Å². The number of hydrogen-bond acceptors (Lipinski definition) is 4. The quantitative estimate of drug-likeness (QED) is 0.823. The summed E-state index contributed by atoms with van der Waals surface area (Å²) in [7, 11) is 0. The molecule has 4 heteroatoms. The summed E-state index contributed by atoms with van der Waals surface area (Å²) >= 11 is 0. The molecule has 17 heavy (non-hydrogen) atoms. The highest BCUT2D eigenvalue weighted by Crippen LogP contribution is 2.30. The fraction of sp³-hybridized carbons (Fsp3) is 0.692. The molecule has 1 aromatic heterocycles. The van der Waals surface area contributed by atoms with E-state index in [0.29, 0.717) is 0 Å². The van der Waals surface area contributed by atoms with Gasteiger partial charge in [0.05, 0.1) is 12.2 Å². The molecule has 0 atom stereocenters. The Morgan fingerprint density at radius 2 is 2.06 bits per heavy atom. The van der Waals surface area contributed by atoms with Crippen LogP contribution in [0.5, 0.6) is 5.88 Å². The molecule has 1 aromatic rings. The third kappa shape index (κ3) is 3.32. The zero-order valence-electron chi connectivity index (χ0n) is 10.9. The van der Waals surface area contributed by atoms with Crippen molar-refractivity contribution in [2.24, 2.45) is 5.92 Å². The fourth-order valence-electron chi connectivity index (χ4n) is 1.64. The van der Waals surface area contributed by atoms with Gasteiger partial charge >= 0.3 is 0 Å². The van der Waals surface area contributed by atoms with Crippen LogP contribution in [-0.4, -0.2) is 23.1 Å². The first-order valence-corrected chi connectivity index (χ1v) is 6.42. The molecule has 1 aliphatic rings. The van der Waals surface area contributed by atoms with Crippen molar-refractivity contribution in [1.82, 2.24) is 9.97 Å². The van der Waals surface area contributed by atoms with E-state index in [4.69, 9.17) is 4.74 Å². The van der Waals surface area contributed by atoms with Gasteiger partial charge in [-0.25, -0.2) is 4.98 Å². The van der Waals surface area contributed by atoms with Crippen LogP contribution >= 0.6 is 0 Å². The van der Waals surface area contributed by atoms with E-state index >= 15 is 0 Å². The Hall–Kier alpha value is -1.32. The first-order chi connectivity index (χ1) is 8.20. The molecular formula is C13H21N3O. The van der Waals surface area contributed by atoms with Gasteiger partial charge in [-0.3, -0.25) is 0 Å². The summed E-state index contributed by atoms with van der Waals surface area (Å²) in [6.45, 7) is 7.78. The first-order valence-electron chi connectivity index (χ1n) is 6.42. The molecular weight excluding hydrogens is 214 g/mol. The van der Waals surface area contributed by atoms with Crippen molar-refractivity contribution in [3.63, 3.8) is 0 Å². The maximum absolute atomic E-state index is 5.77. The van der Waals surface area contributed by atoms with Crippen molar-refractivity contribution in [3.05, 3.63) is 11.4 Å². The summed E-state index contributed by atoms with van der Waals surface area (Å²) < 4.78 is 5.77. The molecule has 4 nitrogen and oxygen atoms in total. The lowest BCUT2D eigenvalue weighted by Crippen LogP contribution is -2.09.